The molecule has 0 aromatic heterocycles. The van der Waals surface area contributed by atoms with Crippen molar-refractivity contribution in [3.05, 3.63) is 64.2 Å². The van der Waals surface area contributed by atoms with Crippen LogP contribution in [0.1, 0.15) is 63.6 Å². The molecule has 37 heavy (non-hydrogen) atoms. The average molecular weight is 550 g/mol. The average Bonchev–Trinajstić information content (AvgIpc) is 2.74. The van der Waals surface area contributed by atoms with E-state index < -0.39 is 21.6 Å². The lowest BCUT2D eigenvalue weighted by Crippen LogP contribution is -2.53. The number of benzene rings is 2. The molecule has 0 spiro atoms. The molecule has 2 aromatic rings. The molecule has 2 amide bonds. The summed E-state index contributed by atoms with van der Waals surface area (Å²) in [6.45, 7) is 11.7. The van der Waals surface area contributed by atoms with Crippen molar-refractivity contribution >= 4 is 39.1 Å². The lowest BCUT2D eigenvalue weighted by molar-refractivity contribution is -0.142. The van der Waals surface area contributed by atoms with Gasteiger partial charge in [0.25, 0.3) is 0 Å². The number of carbonyl (C=O) groups excluding carboxylic acids is 2. The SMILES string of the molecule is CCC(C(=O)NC(C)(C)C)N(Cc1ccccc1Cl)C(=O)CCCN(c1cc(C)cc(C)c1)S(C)(=O)=O. The van der Waals surface area contributed by atoms with Crippen LogP contribution in [-0.4, -0.2) is 49.5 Å². The van der Waals surface area contributed by atoms with Gasteiger partial charge in [-0.2, -0.15) is 0 Å². The second kappa shape index (κ2) is 12.8. The summed E-state index contributed by atoms with van der Waals surface area (Å²) in [4.78, 5) is 28.2. The summed E-state index contributed by atoms with van der Waals surface area (Å²) in [6.07, 6.45) is 1.98. The fourth-order valence-corrected chi connectivity index (χ4v) is 5.43. The summed E-state index contributed by atoms with van der Waals surface area (Å²) in [6, 6.07) is 12.2. The van der Waals surface area contributed by atoms with Crippen LogP contribution in [0.3, 0.4) is 0 Å². The number of aryl methyl sites for hydroxylation is 2. The molecular weight excluding hydrogens is 510 g/mol. The van der Waals surface area contributed by atoms with Gasteiger partial charge >= 0.3 is 0 Å². The molecule has 1 N–H and O–H groups in total. The first-order valence-electron chi connectivity index (χ1n) is 12.5. The van der Waals surface area contributed by atoms with Crippen molar-refractivity contribution in [1.29, 1.82) is 0 Å². The van der Waals surface area contributed by atoms with Gasteiger partial charge in [0.05, 0.1) is 11.9 Å². The lowest BCUT2D eigenvalue weighted by atomic mass is 10.0. The van der Waals surface area contributed by atoms with Gasteiger partial charge in [0, 0.05) is 30.1 Å². The Kier molecular flexibility index (Phi) is 10.6. The number of nitrogens with zero attached hydrogens (tertiary/aromatic N) is 2. The summed E-state index contributed by atoms with van der Waals surface area (Å²) in [7, 11) is -3.55. The molecule has 0 heterocycles. The van der Waals surface area contributed by atoms with E-state index in [2.05, 4.69) is 5.32 Å². The van der Waals surface area contributed by atoms with Gasteiger partial charge < -0.3 is 10.2 Å². The molecule has 204 valence electrons. The van der Waals surface area contributed by atoms with Crippen molar-refractivity contribution in [3.8, 4) is 0 Å². The normalized spacial score (nSPS) is 12.6. The van der Waals surface area contributed by atoms with Crippen LogP contribution in [0.5, 0.6) is 0 Å². The van der Waals surface area contributed by atoms with E-state index in [1.165, 1.54) is 10.6 Å². The van der Waals surface area contributed by atoms with Crippen molar-refractivity contribution in [3.63, 3.8) is 0 Å². The lowest BCUT2D eigenvalue weighted by Gasteiger charge is -2.33. The van der Waals surface area contributed by atoms with Crippen LogP contribution < -0.4 is 9.62 Å². The Bertz CT molecular complexity index is 1190. The number of amides is 2. The monoisotopic (exact) mass is 549 g/mol. The summed E-state index contributed by atoms with van der Waals surface area (Å²) in [5, 5.41) is 3.50. The molecule has 0 fully saturated rings. The molecule has 9 heteroatoms. The quantitative estimate of drug-likeness (QED) is 0.416. The molecule has 0 saturated carbocycles. The molecule has 0 aliphatic heterocycles. The van der Waals surface area contributed by atoms with Crippen molar-refractivity contribution in [2.45, 2.75) is 78.9 Å². The molecule has 1 unspecified atom stereocenters. The molecule has 7 nitrogen and oxygen atoms in total. The van der Waals surface area contributed by atoms with Crippen LogP contribution in [0.15, 0.2) is 42.5 Å². The highest BCUT2D eigenvalue weighted by atomic mass is 35.5. The number of nitrogens with one attached hydrogen (secondary N) is 1. The maximum atomic E-state index is 13.5. The number of hydrogen-bond donors (Lipinski definition) is 1. The predicted molar refractivity (Wildman–Crippen MR) is 151 cm³/mol. The van der Waals surface area contributed by atoms with Crippen LogP contribution in [0.25, 0.3) is 0 Å². The highest BCUT2D eigenvalue weighted by Gasteiger charge is 2.31. The van der Waals surface area contributed by atoms with Crippen LogP contribution in [-0.2, 0) is 26.2 Å². The van der Waals surface area contributed by atoms with Crippen LogP contribution >= 0.6 is 11.6 Å². The van der Waals surface area contributed by atoms with Crippen molar-refractivity contribution in [2.24, 2.45) is 0 Å². The van der Waals surface area contributed by atoms with Gasteiger partial charge in [0.2, 0.25) is 21.8 Å². The van der Waals surface area contributed by atoms with Crippen molar-refractivity contribution in [2.75, 3.05) is 17.1 Å². The van der Waals surface area contributed by atoms with Gasteiger partial charge in [-0.05, 0) is 82.3 Å². The Morgan fingerprint density at radius 1 is 1.05 bits per heavy atom. The van der Waals surface area contributed by atoms with Crippen LogP contribution in [0.4, 0.5) is 5.69 Å². The molecular formula is C28H40ClN3O4S. The van der Waals surface area contributed by atoms with Gasteiger partial charge in [-0.15, -0.1) is 0 Å². The third-order valence-electron chi connectivity index (χ3n) is 5.83. The zero-order chi connectivity index (χ0) is 28.0. The molecule has 0 saturated heterocycles. The second-order valence-corrected chi connectivity index (χ2v) is 12.9. The van der Waals surface area contributed by atoms with Gasteiger partial charge in [-0.3, -0.25) is 13.9 Å². The number of rotatable bonds is 11. The van der Waals surface area contributed by atoms with Crippen LogP contribution in [0.2, 0.25) is 5.02 Å². The first-order chi connectivity index (χ1) is 17.1. The van der Waals surface area contributed by atoms with E-state index in [9.17, 15) is 18.0 Å². The summed E-state index contributed by atoms with van der Waals surface area (Å²) in [5.74, 6) is -0.465. The first kappa shape index (κ1) is 30.6. The Morgan fingerprint density at radius 3 is 2.16 bits per heavy atom. The summed E-state index contributed by atoms with van der Waals surface area (Å²) in [5.41, 5.74) is 2.79. The third-order valence-corrected chi connectivity index (χ3v) is 7.39. The largest absolute Gasteiger partial charge is 0.350 e. The van der Waals surface area contributed by atoms with E-state index in [1.54, 1.807) is 11.0 Å². The molecule has 2 aromatic carbocycles. The Labute approximate surface area is 227 Å². The topological polar surface area (TPSA) is 86.8 Å². The zero-order valence-electron chi connectivity index (χ0n) is 23.0. The first-order valence-corrected chi connectivity index (χ1v) is 14.8. The fraction of sp³-hybridized carbons (Fsp3) is 0.500. The maximum Gasteiger partial charge on any atom is 0.243 e. The Morgan fingerprint density at radius 2 is 1.65 bits per heavy atom. The maximum absolute atomic E-state index is 13.5. The molecule has 0 aliphatic rings. The predicted octanol–water partition coefficient (Wildman–Crippen LogP) is 5.23. The number of hydrogen-bond acceptors (Lipinski definition) is 4. The number of sulfonamides is 1. The van der Waals surface area contributed by atoms with Gasteiger partial charge in [-0.25, -0.2) is 8.42 Å². The molecule has 0 aliphatic carbocycles. The number of anilines is 1. The second-order valence-electron chi connectivity index (χ2n) is 10.6. The van der Waals surface area contributed by atoms with E-state index in [-0.39, 0.29) is 31.3 Å². The van der Waals surface area contributed by atoms with E-state index >= 15 is 0 Å². The van der Waals surface area contributed by atoms with Crippen LogP contribution in [0, 0.1) is 13.8 Å². The van der Waals surface area contributed by atoms with Gasteiger partial charge in [-0.1, -0.05) is 42.8 Å². The molecule has 0 bridgehead atoms. The fourth-order valence-electron chi connectivity index (χ4n) is 4.28. The minimum Gasteiger partial charge on any atom is -0.350 e. The Balaban J connectivity index is 2.28. The van der Waals surface area contributed by atoms with E-state index in [0.717, 1.165) is 16.7 Å². The number of halogens is 1. The van der Waals surface area contributed by atoms with E-state index in [1.807, 2.05) is 77.9 Å². The Hall–Kier alpha value is -2.58. The minimum absolute atomic E-state index is 0.0839. The van der Waals surface area contributed by atoms with Crippen molar-refractivity contribution in [1.82, 2.24) is 10.2 Å². The van der Waals surface area contributed by atoms with Gasteiger partial charge in [0.1, 0.15) is 6.04 Å². The van der Waals surface area contributed by atoms with E-state index in [4.69, 9.17) is 11.6 Å². The van der Waals surface area contributed by atoms with E-state index in [0.29, 0.717) is 23.6 Å². The van der Waals surface area contributed by atoms with Gasteiger partial charge in [0.15, 0.2) is 0 Å². The highest BCUT2D eigenvalue weighted by molar-refractivity contribution is 7.92. The zero-order valence-corrected chi connectivity index (χ0v) is 24.5. The summed E-state index contributed by atoms with van der Waals surface area (Å²) >= 11 is 6.38. The molecule has 1 atom stereocenters. The smallest absolute Gasteiger partial charge is 0.243 e. The standard InChI is InChI=1S/C28H40ClN3O4S/c1-8-25(27(34)30-28(4,5)6)31(19-22-12-9-10-13-24(22)29)26(33)14-11-15-32(37(7,35)36)23-17-20(2)16-21(3)18-23/h9-10,12-13,16-18,25H,8,11,14-15,19H2,1-7H3,(H,30,34). The molecule has 0 radical (unpaired) electrons. The third kappa shape index (κ3) is 9.34. The highest BCUT2D eigenvalue weighted by Crippen LogP contribution is 2.24. The molecule has 2 rings (SSSR count). The number of carbonyl (C=O) groups is 2. The summed E-state index contributed by atoms with van der Waals surface area (Å²) < 4.78 is 26.5. The van der Waals surface area contributed by atoms with Crippen molar-refractivity contribution < 1.29 is 18.0 Å². The minimum atomic E-state index is -3.55.